The van der Waals surface area contributed by atoms with Gasteiger partial charge >= 0.3 is 0 Å². The van der Waals surface area contributed by atoms with Crippen LogP contribution in [0, 0.1) is 6.92 Å². The van der Waals surface area contributed by atoms with Gasteiger partial charge in [0.1, 0.15) is 0 Å². The molecule has 1 aliphatic heterocycles. The summed E-state index contributed by atoms with van der Waals surface area (Å²) in [5, 5.41) is 2.73. The average molecular weight is 393 g/mol. The molecule has 0 aliphatic carbocycles. The number of pyridine rings is 1. The Kier molecular flexibility index (Phi) is 4.60. The lowest BCUT2D eigenvalue weighted by Crippen LogP contribution is -2.30. The van der Waals surface area contributed by atoms with Gasteiger partial charge in [0.2, 0.25) is 5.91 Å². The molecule has 0 spiro atoms. The Balaban J connectivity index is 1.79. The highest BCUT2D eigenvalue weighted by atomic mass is 32.2. The van der Waals surface area contributed by atoms with Crippen LogP contribution in [0.4, 0.5) is 11.4 Å². The third-order valence-electron chi connectivity index (χ3n) is 4.63. The minimum atomic E-state index is -3.84. The number of fused-ring (bicyclic) bond motifs is 1. The number of anilines is 2. The van der Waals surface area contributed by atoms with E-state index < -0.39 is 10.0 Å². The number of rotatable bonds is 5. The first kappa shape index (κ1) is 18.2. The number of aromatic nitrogens is 1. The summed E-state index contributed by atoms with van der Waals surface area (Å²) < 4.78 is 28.4. The first-order chi connectivity index (χ1) is 13.4. The summed E-state index contributed by atoms with van der Waals surface area (Å²) in [5.74, 6) is -0.129. The zero-order valence-electron chi connectivity index (χ0n) is 15.3. The van der Waals surface area contributed by atoms with Gasteiger partial charge in [-0.15, -0.1) is 0 Å². The number of benzene rings is 2. The lowest BCUT2D eigenvalue weighted by Gasteiger charge is -2.25. The van der Waals surface area contributed by atoms with Crippen LogP contribution in [-0.4, -0.2) is 19.3 Å². The Morgan fingerprint density at radius 1 is 1.11 bits per heavy atom. The lowest BCUT2D eigenvalue weighted by atomic mass is 10.2. The van der Waals surface area contributed by atoms with Gasteiger partial charge in [-0.25, -0.2) is 8.42 Å². The molecule has 142 valence electrons. The van der Waals surface area contributed by atoms with E-state index in [9.17, 15) is 13.2 Å². The van der Waals surface area contributed by atoms with E-state index >= 15 is 0 Å². The maximum Gasteiger partial charge on any atom is 0.264 e. The van der Waals surface area contributed by atoms with Crippen LogP contribution in [0.3, 0.4) is 0 Å². The molecule has 0 fully saturated rings. The van der Waals surface area contributed by atoms with E-state index in [-0.39, 0.29) is 23.8 Å². The molecule has 0 radical (unpaired) electrons. The van der Waals surface area contributed by atoms with Crippen molar-refractivity contribution in [2.45, 2.75) is 24.8 Å². The summed E-state index contributed by atoms with van der Waals surface area (Å²) in [6.45, 7) is 2.08. The van der Waals surface area contributed by atoms with Gasteiger partial charge in [-0.1, -0.05) is 18.2 Å². The first-order valence-corrected chi connectivity index (χ1v) is 10.3. The van der Waals surface area contributed by atoms with Crippen LogP contribution in [0.15, 0.2) is 71.9 Å². The van der Waals surface area contributed by atoms with E-state index in [2.05, 4.69) is 10.3 Å². The molecule has 3 aromatic rings. The lowest BCUT2D eigenvalue weighted by molar-refractivity contribution is -0.115. The summed E-state index contributed by atoms with van der Waals surface area (Å²) >= 11 is 0. The number of sulfonamides is 1. The predicted molar refractivity (Wildman–Crippen MR) is 108 cm³/mol. The van der Waals surface area contributed by atoms with Gasteiger partial charge in [0.25, 0.3) is 10.0 Å². The second kappa shape index (κ2) is 7.09. The number of hydrogen-bond donors (Lipinski definition) is 1. The molecule has 1 aliphatic rings. The van der Waals surface area contributed by atoms with Crippen LogP contribution in [-0.2, 0) is 27.8 Å². The van der Waals surface area contributed by atoms with Crippen molar-refractivity contribution < 1.29 is 13.2 Å². The van der Waals surface area contributed by atoms with Crippen LogP contribution in [0.2, 0.25) is 0 Å². The second-order valence-electron chi connectivity index (χ2n) is 6.76. The van der Waals surface area contributed by atoms with Crippen molar-refractivity contribution in [2.75, 3.05) is 9.62 Å². The topological polar surface area (TPSA) is 79.4 Å². The Labute approximate surface area is 163 Å². The number of nitrogens with zero attached hydrogens (tertiary/aromatic N) is 2. The van der Waals surface area contributed by atoms with E-state index in [4.69, 9.17) is 0 Å². The van der Waals surface area contributed by atoms with Crippen LogP contribution < -0.4 is 9.62 Å². The van der Waals surface area contributed by atoms with Gasteiger partial charge in [0.05, 0.1) is 23.5 Å². The van der Waals surface area contributed by atoms with Gasteiger partial charge in [-0.3, -0.25) is 14.1 Å². The molecule has 6 nitrogen and oxygen atoms in total. The second-order valence-corrected chi connectivity index (χ2v) is 8.62. The van der Waals surface area contributed by atoms with Crippen molar-refractivity contribution in [3.63, 3.8) is 0 Å². The van der Waals surface area contributed by atoms with Crippen molar-refractivity contribution >= 4 is 27.3 Å². The molecule has 1 amide bonds. The zero-order chi connectivity index (χ0) is 19.7. The molecule has 0 atom stereocenters. The molecular formula is C21H19N3O3S. The summed E-state index contributed by atoms with van der Waals surface area (Å²) in [5.41, 5.74) is 3.69. The number of amides is 1. The maximum absolute atomic E-state index is 13.5. The van der Waals surface area contributed by atoms with E-state index in [1.165, 1.54) is 10.4 Å². The zero-order valence-corrected chi connectivity index (χ0v) is 16.1. The van der Waals surface area contributed by atoms with Gasteiger partial charge in [0, 0.05) is 18.1 Å². The summed E-state index contributed by atoms with van der Waals surface area (Å²) in [4.78, 5) is 15.9. The van der Waals surface area contributed by atoms with Gasteiger partial charge in [0.15, 0.2) is 0 Å². The SMILES string of the molecule is Cc1cccc(N(Cc2cccnc2)S(=O)(=O)c2ccc3c(c2)CC(=O)N3)c1. The number of aryl methyl sites for hydroxylation is 1. The van der Waals surface area contributed by atoms with Gasteiger partial charge in [-0.05, 0) is 60.0 Å². The van der Waals surface area contributed by atoms with Gasteiger partial charge in [-0.2, -0.15) is 0 Å². The maximum atomic E-state index is 13.5. The smallest absolute Gasteiger partial charge is 0.264 e. The first-order valence-electron chi connectivity index (χ1n) is 8.84. The van der Waals surface area contributed by atoms with Crippen LogP contribution >= 0.6 is 0 Å². The number of carbonyl (C=O) groups is 1. The highest BCUT2D eigenvalue weighted by molar-refractivity contribution is 7.92. The predicted octanol–water partition coefficient (Wildman–Crippen LogP) is 3.28. The summed E-state index contributed by atoms with van der Waals surface area (Å²) in [6, 6.07) is 15.8. The van der Waals surface area contributed by atoms with Crippen molar-refractivity contribution in [2.24, 2.45) is 0 Å². The fraction of sp³-hybridized carbons (Fsp3) is 0.143. The molecular weight excluding hydrogens is 374 g/mol. The summed E-state index contributed by atoms with van der Waals surface area (Å²) in [6.07, 6.45) is 3.49. The number of carbonyl (C=O) groups excluding carboxylic acids is 1. The molecule has 28 heavy (non-hydrogen) atoms. The van der Waals surface area contributed by atoms with Crippen molar-refractivity contribution in [1.29, 1.82) is 0 Å². The fourth-order valence-corrected chi connectivity index (χ4v) is 4.74. The van der Waals surface area contributed by atoms with Crippen LogP contribution in [0.5, 0.6) is 0 Å². The van der Waals surface area contributed by atoms with Crippen molar-refractivity contribution in [3.8, 4) is 0 Å². The van der Waals surface area contributed by atoms with Crippen molar-refractivity contribution in [1.82, 2.24) is 4.98 Å². The molecule has 7 heteroatoms. The Bertz CT molecular complexity index is 1140. The minimum Gasteiger partial charge on any atom is -0.326 e. The minimum absolute atomic E-state index is 0.129. The normalized spacial score (nSPS) is 13.1. The summed E-state index contributed by atoms with van der Waals surface area (Å²) in [7, 11) is -3.84. The highest BCUT2D eigenvalue weighted by Gasteiger charge is 2.28. The third kappa shape index (κ3) is 3.48. The standard InChI is InChI=1S/C21H19N3O3S/c1-15-4-2-6-18(10-15)24(14-16-5-3-9-22-13-16)28(26,27)19-7-8-20-17(11-19)12-21(25)23-20/h2-11,13H,12,14H2,1H3,(H,23,25). The molecule has 4 rings (SSSR count). The van der Waals surface area contributed by atoms with E-state index in [0.29, 0.717) is 16.9 Å². The van der Waals surface area contributed by atoms with E-state index in [1.54, 1.807) is 36.7 Å². The Morgan fingerprint density at radius 3 is 2.71 bits per heavy atom. The largest absolute Gasteiger partial charge is 0.326 e. The Hall–Kier alpha value is -3.19. The molecule has 0 unspecified atom stereocenters. The molecule has 2 heterocycles. The van der Waals surface area contributed by atoms with Gasteiger partial charge < -0.3 is 5.32 Å². The van der Waals surface area contributed by atoms with Crippen molar-refractivity contribution in [3.05, 3.63) is 83.7 Å². The average Bonchev–Trinajstić information content (AvgIpc) is 3.06. The molecule has 0 saturated carbocycles. The fourth-order valence-electron chi connectivity index (χ4n) is 3.25. The van der Waals surface area contributed by atoms with Crippen LogP contribution in [0.1, 0.15) is 16.7 Å². The Morgan fingerprint density at radius 2 is 1.96 bits per heavy atom. The molecule has 2 aromatic carbocycles. The monoisotopic (exact) mass is 393 g/mol. The highest BCUT2D eigenvalue weighted by Crippen LogP contribution is 2.30. The number of nitrogens with one attached hydrogen (secondary N) is 1. The third-order valence-corrected chi connectivity index (χ3v) is 6.40. The van der Waals surface area contributed by atoms with Crippen LogP contribution in [0.25, 0.3) is 0 Å². The number of hydrogen-bond acceptors (Lipinski definition) is 4. The molecule has 1 aromatic heterocycles. The quantitative estimate of drug-likeness (QED) is 0.721. The van der Waals surface area contributed by atoms with E-state index in [0.717, 1.165) is 11.1 Å². The molecule has 0 bridgehead atoms. The molecule has 1 N–H and O–H groups in total. The van der Waals surface area contributed by atoms with E-state index in [1.807, 2.05) is 31.2 Å². The molecule has 0 saturated heterocycles.